The molecule has 0 bridgehead atoms. The smallest absolute Gasteiger partial charge is 0.219 e. The van der Waals surface area contributed by atoms with Crippen LogP contribution in [-0.4, -0.2) is 38.8 Å². The fourth-order valence-corrected chi connectivity index (χ4v) is 2.59. The second kappa shape index (κ2) is 13.9. The third-order valence-corrected chi connectivity index (χ3v) is 4.14. The van der Waals surface area contributed by atoms with E-state index in [-0.39, 0.29) is 24.0 Å². The van der Waals surface area contributed by atoms with Crippen LogP contribution in [0.2, 0.25) is 0 Å². The molecular formula is C21H31IN4O3. The van der Waals surface area contributed by atoms with E-state index in [1.807, 2.05) is 30.3 Å². The Hall–Kier alpha value is -2.23. The minimum atomic E-state index is 0. The third-order valence-electron chi connectivity index (χ3n) is 4.14. The molecule has 160 valence electrons. The summed E-state index contributed by atoms with van der Waals surface area (Å²) in [5, 5.41) is 6.60. The van der Waals surface area contributed by atoms with Crippen molar-refractivity contribution in [3.8, 4) is 23.1 Å². The topological polar surface area (TPSA) is 77.0 Å². The number of guanidine groups is 1. The zero-order chi connectivity index (χ0) is 20.2. The van der Waals surface area contributed by atoms with Gasteiger partial charge in [-0.2, -0.15) is 0 Å². The summed E-state index contributed by atoms with van der Waals surface area (Å²) < 4.78 is 16.6. The first kappa shape index (κ1) is 24.8. The van der Waals surface area contributed by atoms with Gasteiger partial charge in [-0.05, 0) is 24.1 Å². The Kier molecular flexibility index (Phi) is 11.9. The highest BCUT2D eigenvalue weighted by atomic mass is 127. The van der Waals surface area contributed by atoms with Gasteiger partial charge in [0.15, 0.2) is 17.5 Å². The SMILES string of the molecule is CCCCCNC(=NC)NCc1ccc(Oc2c(OC)cccc2OC)nc1.I. The van der Waals surface area contributed by atoms with Crippen molar-refractivity contribution in [3.63, 3.8) is 0 Å². The van der Waals surface area contributed by atoms with Crippen LogP contribution in [0.25, 0.3) is 0 Å². The van der Waals surface area contributed by atoms with Crippen molar-refractivity contribution in [3.05, 3.63) is 42.1 Å². The number of para-hydroxylation sites is 1. The summed E-state index contributed by atoms with van der Waals surface area (Å²) in [6, 6.07) is 9.25. The van der Waals surface area contributed by atoms with Gasteiger partial charge in [0.05, 0.1) is 14.2 Å². The molecule has 7 nitrogen and oxygen atoms in total. The summed E-state index contributed by atoms with van der Waals surface area (Å²) in [6.45, 7) is 3.73. The number of pyridine rings is 1. The van der Waals surface area contributed by atoms with Gasteiger partial charge in [0, 0.05) is 32.4 Å². The Morgan fingerprint density at radius 2 is 1.76 bits per heavy atom. The van der Waals surface area contributed by atoms with Crippen LogP contribution in [-0.2, 0) is 6.54 Å². The molecule has 8 heteroatoms. The molecule has 2 aromatic rings. The minimum absolute atomic E-state index is 0. The van der Waals surface area contributed by atoms with Crippen LogP contribution in [0.3, 0.4) is 0 Å². The number of ether oxygens (including phenoxy) is 3. The summed E-state index contributed by atoms with van der Waals surface area (Å²) in [7, 11) is 4.95. The fraction of sp³-hybridized carbons (Fsp3) is 0.429. The van der Waals surface area contributed by atoms with Gasteiger partial charge in [-0.25, -0.2) is 4.98 Å². The van der Waals surface area contributed by atoms with E-state index in [0.717, 1.165) is 24.5 Å². The quantitative estimate of drug-likeness (QED) is 0.212. The second-order valence-electron chi connectivity index (χ2n) is 6.16. The number of hydrogen-bond donors (Lipinski definition) is 2. The predicted molar refractivity (Wildman–Crippen MR) is 127 cm³/mol. The van der Waals surface area contributed by atoms with Crippen LogP contribution in [0.1, 0.15) is 31.7 Å². The standard InChI is InChI=1S/C21H30N4O3.HI/c1-5-6-7-13-23-21(22-2)25-15-16-11-12-19(24-14-16)28-20-17(26-3)9-8-10-18(20)27-4;/h8-12,14H,5-7,13,15H2,1-4H3,(H2,22,23,25);1H. The van der Waals surface area contributed by atoms with E-state index < -0.39 is 0 Å². The first-order valence-corrected chi connectivity index (χ1v) is 9.50. The molecule has 0 aliphatic rings. The Morgan fingerprint density at radius 3 is 2.31 bits per heavy atom. The van der Waals surface area contributed by atoms with E-state index >= 15 is 0 Å². The molecule has 0 unspecified atom stereocenters. The average Bonchev–Trinajstić information content (AvgIpc) is 2.74. The molecule has 1 heterocycles. The van der Waals surface area contributed by atoms with Crippen LogP contribution in [0.4, 0.5) is 0 Å². The van der Waals surface area contributed by atoms with Crippen molar-refractivity contribution < 1.29 is 14.2 Å². The number of methoxy groups -OCH3 is 2. The average molecular weight is 514 g/mol. The highest BCUT2D eigenvalue weighted by molar-refractivity contribution is 14.0. The van der Waals surface area contributed by atoms with Gasteiger partial charge in [-0.1, -0.05) is 31.9 Å². The normalized spacial score (nSPS) is 10.7. The number of aliphatic imine (C=N–C) groups is 1. The van der Waals surface area contributed by atoms with Gasteiger partial charge < -0.3 is 24.8 Å². The van der Waals surface area contributed by atoms with Crippen molar-refractivity contribution in [2.24, 2.45) is 4.99 Å². The minimum Gasteiger partial charge on any atom is -0.493 e. The largest absolute Gasteiger partial charge is 0.493 e. The predicted octanol–water partition coefficient (Wildman–Crippen LogP) is 4.36. The van der Waals surface area contributed by atoms with Crippen molar-refractivity contribution in [1.29, 1.82) is 0 Å². The van der Waals surface area contributed by atoms with Gasteiger partial charge in [0.25, 0.3) is 0 Å². The molecule has 1 aromatic carbocycles. The lowest BCUT2D eigenvalue weighted by Crippen LogP contribution is -2.37. The van der Waals surface area contributed by atoms with E-state index in [4.69, 9.17) is 14.2 Å². The van der Waals surface area contributed by atoms with E-state index in [2.05, 4.69) is 27.5 Å². The van der Waals surface area contributed by atoms with E-state index in [1.54, 1.807) is 27.5 Å². The van der Waals surface area contributed by atoms with Crippen LogP contribution in [0.15, 0.2) is 41.5 Å². The molecule has 0 radical (unpaired) electrons. The Balaban J connectivity index is 0.00000420. The Labute approximate surface area is 190 Å². The van der Waals surface area contributed by atoms with Gasteiger partial charge in [-0.3, -0.25) is 4.99 Å². The highest BCUT2D eigenvalue weighted by Gasteiger charge is 2.13. The van der Waals surface area contributed by atoms with Gasteiger partial charge >= 0.3 is 0 Å². The van der Waals surface area contributed by atoms with Crippen molar-refractivity contribution >= 4 is 29.9 Å². The fourth-order valence-electron chi connectivity index (χ4n) is 2.59. The van der Waals surface area contributed by atoms with Crippen molar-refractivity contribution in [2.75, 3.05) is 27.8 Å². The van der Waals surface area contributed by atoms with Crippen LogP contribution >= 0.6 is 24.0 Å². The van der Waals surface area contributed by atoms with Crippen molar-refractivity contribution in [1.82, 2.24) is 15.6 Å². The lowest BCUT2D eigenvalue weighted by atomic mass is 10.2. The first-order valence-electron chi connectivity index (χ1n) is 9.50. The number of aromatic nitrogens is 1. The van der Waals surface area contributed by atoms with E-state index in [9.17, 15) is 0 Å². The number of nitrogens with zero attached hydrogens (tertiary/aromatic N) is 2. The summed E-state index contributed by atoms with van der Waals surface area (Å²) >= 11 is 0. The summed E-state index contributed by atoms with van der Waals surface area (Å²) in [6.07, 6.45) is 5.33. The number of nitrogens with one attached hydrogen (secondary N) is 2. The molecule has 0 atom stereocenters. The molecule has 2 rings (SSSR count). The van der Waals surface area contributed by atoms with Gasteiger partial charge in [-0.15, -0.1) is 24.0 Å². The molecule has 2 N–H and O–H groups in total. The van der Waals surface area contributed by atoms with Gasteiger partial charge in [0.2, 0.25) is 11.6 Å². The molecule has 0 amide bonds. The molecule has 0 aliphatic carbocycles. The van der Waals surface area contributed by atoms with Gasteiger partial charge in [0.1, 0.15) is 0 Å². The Morgan fingerprint density at radius 1 is 1.03 bits per heavy atom. The number of hydrogen-bond acceptors (Lipinski definition) is 5. The maximum atomic E-state index is 5.88. The number of benzene rings is 1. The maximum Gasteiger partial charge on any atom is 0.219 e. The lowest BCUT2D eigenvalue weighted by Gasteiger charge is -2.14. The van der Waals surface area contributed by atoms with Crippen LogP contribution in [0, 0.1) is 0 Å². The number of rotatable bonds is 10. The van der Waals surface area contributed by atoms with E-state index in [1.165, 1.54) is 12.8 Å². The van der Waals surface area contributed by atoms with Crippen LogP contribution in [0.5, 0.6) is 23.1 Å². The first-order chi connectivity index (χ1) is 13.7. The molecule has 0 fully saturated rings. The maximum absolute atomic E-state index is 5.88. The molecular weight excluding hydrogens is 483 g/mol. The van der Waals surface area contributed by atoms with Crippen molar-refractivity contribution in [2.45, 2.75) is 32.7 Å². The molecule has 0 aliphatic heterocycles. The lowest BCUT2D eigenvalue weighted by molar-refractivity contribution is 0.342. The molecule has 0 saturated carbocycles. The summed E-state index contributed by atoms with van der Waals surface area (Å²) in [5.41, 5.74) is 1.02. The van der Waals surface area contributed by atoms with E-state index in [0.29, 0.717) is 29.7 Å². The monoisotopic (exact) mass is 514 g/mol. The zero-order valence-corrected chi connectivity index (χ0v) is 19.9. The molecule has 0 saturated heterocycles. The number of halogens is 1. The third kappa shape index (κ3) is 7.96. The summed E-state index contributed by atoms with van der Waals surface area (Å²) in [4.78, 5) is 8.62. The second-order valence-corrected chi connectivity index (χ2v) is 6.16. The molecule has 0 spiro atoms. The molecule has 29 heavy (non-hydrogen) atoms. The molecule has 1 aromatic heterocycles. The summed E-state index contributed by atoms with van der Waals surface area (Å²) in [5.74, 6) is 2.93. The zero-order valence-electron chi connectivity index (χ0n) is 17.5. The number of unbranched alkanes of at least 4 members (excludes halogenated alkanes) is 2. The highest BCUT2D eigenvalue weighted by Crippen LogP contribution is 2.39. The Bertz CT molecular complexity index is 732. The van der Waals surface area contributed by atoms with Crippen LogP contribution < -0.4 is 24.8 Å².